The van der Waals surface area contributed by atoms with Gasteiger partial charge in [-0.15, -0.1) is 11.3 Å². The number of hydrogen-bond acceptors (Lipinski definition) is 4. The lowest BCUT2D eigenvalue weighted by Crippen LogP contribution is -2.34. The van der Waals surface area contributed by atoms with Crippen molar-refractivity contribution in [2.24, 2.45) is 0 Å². The van der Waals surface area contributed by atoms with Crippen molar-refractivity contribution in [3.63, 3.8) is 0 Å². The lowest BCUT2D eigenvalue weighted by Gasteiger charge is -2.31. The number of carboxylic acids is 1. The predicted octanol–water partition coefficient (Wildman–Crippen LogP) is 3.42. The summed E-state index contributed by atoms with van der Waals surface area (Å²) in [7, 11) is 0. The number of thiophene rings is 1. The van der Waals surface area contributed by atoms with Gasteiger partial charge < -0.3 is 5.11 Å². The molecule has 0 saturated carbocycles. The number of likely N-dealkylation sites (tertiary alicyclic amines) is 1. The fourth-order valence-electron chi connectivity index (χ4n) is 2.81. The summed E-state index contributed by atoms with van der Waals surface area (Å²) in [5, 5.41) is 14.5. The van der Waals surface area contributed by atoms with Crippen LogP contribution in [0.25, 0.3) is 0 Å². The van der Waals surface area contributed by atoms with Crippen molar-refractivity contribution in [1.29, 1.82) is 0 Å². The second-order valence-corrected chi connectivity index (χ2v) is 6.64. The third-order valence-electron chi connectivity index (χ3n) is 4.06. The molecule has 0 aliphatic carbocycles. The Morgan fingerprint density at radius 1 is 1.43 bits per heavy atom. The minimum Gasteiger partial charge on any atom is -0.476 e. The van der Waals surface area contributed by atoms with Gasteiger partial charge in [0.15, 0.2) is 5.69 Å². The molecular formula is C15H17F2N3O2S. The van der Waals surface area contributed by atoms with Crippen LogP contribution in [-0.4, -0.2) is 38.8 Å². The van der Waals surface area contributed by atoms with Crippen LogP contribution >= 0.6 is 11.3 Å². The molecule has 1 aliphatic heterocycles. The Hall–Kier alpha value is -1.80. The van der Waals surface area contributed by atoms with E-state index in [9.17, 15) is 13.6 Å². The highest BCUT2D eigenvalue weighted by Gasteiger charge is 2.22. The number of carboxylic acid groups (broad SMARTS) is 1. The third-order valence-corrected chi connectivity index (χ3v) is 5.00. The van der Waals surface area contributed by atoms with Crippen LogP contribution in [0.2, 0.25) is 0 Å². The Bertz CT molecular complexity index is 678. The van der Waals surface area contributed by atoms with E-state index in [1.54, 1.807) is 16.9 Å². The minimum absolute atomic E-state index is 0.0607. The van der Waals surface area contributed by atoms with Gasteiger partial charge in [-0.05, 0) is 30.4 Å². The molecular weight excluding hydrogens is 324 g/mol. The molecule has 1 fully saturated rings. The minimum atomic E-state index is -2.41. The normalized spacial score (nSPS) is 17.0. The van der Waals surface area contributed by atoms with Gasteiger partial charge in [0.05, 0.1) is 6.04 Å². The molecule has 3 rings (SSSR count). The van der Waals surface area contributed by atoms with Crippen molar-refractivity contribution in [1.82, 2.24) is 14.7 Å². The maximum absolute atomic E-state index is 12.6. The summed E-state index contributed by atoms with van der Waals surface area (Å²) < 4.78 is 26.9. The first kappa shape index (κ1) is 16.1. The quantitative estimate of drug-likeness (QED) is 0.905. The molecule has 0 atom stereocenters. The predicted molar refractivity (Wildman–Crippen MR) is 82.0 cm³/mol. The second-order valence-electron chi connectivity index (χ2n) is 5.64. The van der Waals surface area contributed by atoms with Crippen molar-refractivity contribution >= 4 is 17.3 Å². The molecule has 0 bridgehead atoms. The molecule has 1 saturated heterocycles. The summed E-state index contributed by atoms with van der Waals surface area (Å²) in [5.74, 6) is -1.02. The highest BCUT2D eigenvalue weighted by molar-refractivity contribution is 7.10. The summed E-state index contributed by atoms with van der Waals surface area (Å²) >= 11 is 1.37. The van der Waals surface area contributed by atoms with Crippen molar-refractivity contribution in [3.8, 4) is 0 Å². The van der Waals surface area contributed by atoms with Crippen LogP contribution in [-0.2, 0) is 6.54 Å². The standard InChI is InChI=1S/C15H17F2N3O2S/c16-14(17)10-7-12(23-9-10)8-19-4-1-11(2-5-19)20-6-3-13(18-20)15(21)22/h3,6-7,9,11,14H,1-2,4-5,8H2,(H,21,22). The van der Waals surface area contributed by atoms with E-state index < -0.39 is 12.4 Å². The molecule has 5 nitrogen and oxygen atoms in total. The van der Waals surface area contributed by atoms with Gasteiger partial charge in [-0.1, -0.05) is 0 Å². The van der Waals surface area contributed by atoms with Gasteiger partial charge in [0, 0.05) is 36.3 Å². The monoisotopic (exact) mass is 341 g/mol. The number of nitrogens with zero attached hydrogens (tertiary/aromatic N) is 3. The Morgan fingerprint density at radius 3 is 2.74 bits per heavy atom. The van der Waals surface area contributed by atoms with Crippen LogP contribution in [0, 0.1) is 0 Å². The number of rotatable bonds is 5. The molecule has 0 unspecified atom stereocenters. The van der Waals surface area contributed by atoms with Crippen LogP contribution in [0.1, 0.15) is 46.2 Å². The lowest BCUT2D eigenvalue weighted by molar-refractivity contribution is 0.0688. The number of halogens is 2. The van der Waals surface area contributed by atoms with Gasteiger partial charge in [-0.2, -0.15) is 5.10 Å². The van der Waals surface area contributed by atoms with E-state index in [4.69, 9.17) is 5.11 Å². The molecule has 3 heterocycles. The fourth-order valence-corrected chi connectivity index (χ4v) is 3.73. The summed E-state index contributed by atoms with van der Waals surface area (Å²) in [4.78, 5) is 14.1. The summed E-state index contributed by atoms with van der Waals surface area (Å²) in [6.07, 6.45) is 1.04. The van der Waals surface area contributed by atoms with Gasteiger partial charge in [0.2, 0.25) is 0 Å². The van der Waals surface area contributed by atoms with E-state index in [2.05, 4.69) is 10.00 Å². The van der Waals surface area contributed by atoms with E-state index in [-0.39, 0.29) is 17.3 Å². The first-order chi connectivity index (χ1) is 11.0. The SMILES string of the molecule is O=C(O)c1ccn(C2CCN(Cc3cc(C(F)F)cs3)CC2)n1. The maximum atomic E-state index is 12.6. The average Bonchev–Trinajstić information content (AvgIpc) is 3.17. The summed E-state index contributed by atoms with van der Waals surface area (Å²) in [6, 6.07) is 3.28. The highest BCUT2D eigenvalue weighted by Crippen LogP contribution is 2.28. The lowest BCUT2D eigenvalue weighted by atomic mass is 10.1. The average molecular weight is 341 g/mol. The molecule has 2 aromatic rings. The highest BCUT2D eigenvalue weighted by atomic mass is 32.1. The molecule has 0 amide bonds. The van der Waals surface area contributed by atoms with E-state index >= 15 is 0 Å². The molecule has 1 N–H and O–H groups in total. The van der Waals surface area contributed by atoms with Crippen LogP contribution < -0.4 is 0 Å². The Kier molecular flexibility index (Phi) is 4.72. The Labute approximate surface area is 136 Å². The number of aromatic nitrogens is 2. The first-order valence-corrected chi connectivity index (χ1v) is 8.27. The number of aromatic carboxylic acids is 1. The summed E-state index contributed by atoms with van der Waals surface area (Å²) in [6.45, 7) is 2.37. The van der Waals surface area contributed by atoms with Gasteiger partial charge in [-0.3, -0.25) is 9.58 Å². The fraction of sp³-hybridized carbons (Fsp3) is 0.467. The van der Waals surface area contributed by atoms with Crippen molar-refractivity contribution < 1.29 is 18.7 Å². The number of piperidine rings is 1. The second kappa shape index (κ2) is 6.76. The van der Waals surface area contributed by atoms with Crippen molar-refractivity contribution in [3.05, 3.63) is 39.8 Å². The van der Waals surface area contributed by atoms with E-state index in [1.165, 1.54) is 22.8 Å². The Balaban J connectivity index is 1.54. The molecule has 8 heteroatoms. The van der Waals surface area contributed by atoms with Crippen LogP contribution in [0.5, 0.6) is 0 Å². The molecule has 23 heavy (non-hydrogen) atoms. The topological polar surface area (TPSA) is 58.4 Å². The number of alkyl halides is 2. The van der Waals surface area contributed by atoms with Gasteiger partial charge in [0.25, 0.3) is 6.43 Å². The van der Waals surface area contributed by atoms with Gasteiger partial charge >= 0.3 is 5.97 Å². The summed E-state index contributed by atoms with van der Waals surface area (Å²) in [5.41, 5.74) is 0.156. The van der Waals surface area contributed by atoms with Crippen LogP contribution in [0.3, 0.4) is 0 Å². The maximum Gasteiger partial charge on any atom is 0.356 e. The number of hydrogen-bond donors (Lipinski definition) is 1. The van der Waals surface area contributed by atoms with Crippen molar-refractivity contribution in [2.45, 2.75) is 31.9 Å². The van der Waals surface area contributed by atoms with Gasteiger partial charge in [-0.25, -0.2) is 13.6 Å². The molecule has 0 aromatic carbocycles. The molecule has 0 spiro atoms. The number of carbonyl (C=O) groups is 1. The Morgan fingerprint density at radius 2 is 2.17 bits per heavy atom. The van der Waals surface area contributed by atoms with Crippen molar-refractivity contribution in [2.75, 3.05) is 13.1 Å². The third kappa shape index (κ3) is 3.76. The van der Waals surface area contributed by atoms with Crippen LogP contribution in [0.4, 0.5) is 8.78 Å². The molecule has 124 valence electrons. The molecule has 1 aliphatic rings. The van der Waals surface area contributed by atoms with E-state index in [1.807, 2.05) is 0 Å². The zero-order valence-corrected chi connectivity index (χ0v) is 13.2. The smallest absolute Gasteiger partial charge is 0.356 e. The van der Waals surface area contributed by atoms with Crippen LogP contribution in [0.15, 0.2) is 23.7 Å². The molecule has 0 radical (unpaired) electrons. The largest absolute Gasteiger partial charge is 0.476 e. The zero-order valence-electron chi connectivity index (χ0n) is 12.4. The zero-order chi connectivity index (χ0) is 16.4. The van der Waals surface area contributed by atoms with E-state index in [0.717, 1.165) is 30.8 Å². The van der Waals surface area contributed by atoms with E-state index in [0.29, 0.717) is 6.54 Å². The van der Waals surface area contributed by atoms with Gasteiger partial charge in [0.1, 0.15) is 0 Å². The molecule has 2 aromatic heterocycles. The first-order valence-electron chi connectivity index (χ1n) is 7.39.